The number of benzene rings is 1. The van der Waals surface area contributed by atoms with E-state index in [2.05, 4.69) is 4.98 Å². The number of thiocarbonyl (C=S) groups is 1. The molecular weight excluding hydrogens is 368 g/mol. The van der Waals surface area contributed by atoms with Crippen LogP contribution < -0.4 is 0 Å². The molecule has 26 heavy (non-hydrogen) atoms. The van der Waals surface area contributed by atoms with Crippen molar-refractivity contribution < 1.29 is 14.7 Å². The summed E-state index contributed by atoms with van der Waals surface area (Å²) in [6.07, 6.45) is 5.85. The number of carboxylic acid groups (broad SMARTS) is 1. The Morgan fingerprint density at radius 3 is 2.85 bits per heavy atom. The van der Waals surface area contributed by atoms with Crippen LogP contribution >= 0.6 is 24.0 Å². The molecule has 5 nitrogen and oxygen atoms in total. The first kappa shape index (κ1) is 18.5. The van der Waals surface area contributed by atoms with Gasteiger partial charge in [-0.15, -0.1) is 0 Å². The number of aromatic nitrogens is 1. The van der Waals surface area contributed by atoms with Crippen molar-refractivity contribution in [2.45, 2.75) is 25.7 Å². The van der Waals surface area contributed by atoms with Crippen molar-refractivity contribution >= 4 is 57.2 Å². The quantitative estimate of drug-likeness (QED) is 0.439. The van der Waals surface area contributed by atoms with E-state index >= 15 is 0 Å². The molecule has 1 aromatic carbocycles. The Balaban J connectivity index is 1.70. The number of hydrogen-bond acceptors (Lipinski definition) is 5. The van der Waals surface area contributed by atoms with E-state index in [9.17, 15) is 9.59 Å². The molecule has 7 heteroatoms. The molecule has 3 rings (SSSR count). The van der Waals surface area contributed by atoms with Gasteiger partial charge in [-0.05, 0) is 25.0 Å². The second-order valence-electron chi connectivity index (χ2n) is 5.96. The minimum absolute atomic E-state index is 0.0915. The second-order valence-corrected chi connectivity index (χ2v) is 7.64. The highest BCUT2D eigenvalue weighted by molar-refractivity contribution is 8.26. The molecule has 0 bridgehead atoms. The number of carbonyl (C=O) groups excluding carboxylic acids is 1. The van der Waals surface area contributed by atoms with Crippen molar-refractivity contribution in [3.8, 4) is 0 Å². The fourth-order valence-electron chi connectivity index (χ4n) is 2.80. The number of thioether (sulfide) groups is 1. The lowest BCUT2D eigenvalue weighted by atomic mass is 10.1. The first-order chi connectivity index (χ1) is 12.6. The maximum Gasteiger partial charge on any atom is 0.303 e. The predicted octanol–water partition coefficient (Wildman–Crippen LogP) is 4.08. The minimum atomic E-state index is -0.790. The van der Waals surface area contributed by atoms with E-state index in [1.807, 2.05) is 36.4 Å². The van der Waals surface area contributed by atoms with E-state index in [4.69, 9.17) is 17.3 Å². The Bertz CT molecular complexity index is 890. The fourth-order valence-corrected chi connectivity index (χ4v) is 4.10. The molecule has 0 radical (unpaired) electrons. The van der Waals surface area contributed by atoms with E-state index in [1.165, 1.54) is 11.8 Å². The summed E-state index contributed by atoms with van der Waals surface area (Å²) in [6, 6.07) is 9.74. The zero-order valence-corrected chi connectivity index (χ0v) is 15.7. The summed E-state index contributed by atoms with van der Waals surface area (Å²) in [5.74, 6) is -0.881. The summed E-state index contributed by atoms with van der Waals surface area (Å²) < 4.78 is 0.549. The fraction of sp³-hybridized carbons (Fsp3) is 0.263. The molecule has 0 saturated carbocycles. The van der Waals surface area contributed by atoms with Crippen molar-refractivity contribution in [1.29, 1.82) is 0 Å². The molecule has 0 unspecified atom stereocenters. The number of rotatable bonds is 7. The van der Waals surface area contributed by atoms with E-state index in [-0.39, 0.29) is 12.3 Å². The van der Waals surface area contributed by atoms with E-state index in [1.54, 1.807) is 11.1 Å². The van der Waals surface area contributed by atoms with Crippen LogP contribution in [0.15, 0.2) is 41.4 Å². The van der Waals surface area contributed by atoms with Gasteiger partial charge < -0.3 is 5.11 Å². The predicted molar refractivity (Wildman–Crippen MR) is 108 cm³/mol. The van der Waals surface area contributed by atoms with E-state index in [0.717, 1.165) is 29.3 Å². The molecule has 0 atom stereocenters. The number of carbonyl (C=O) groups is 2. The highest BCUT2D eigenvalue weighted by atomic mass is 32.2. The maximum absolute atomic E-state index is 12.7. The number of carboxylic acids is 1. The van der Waals surface area contributed by atoms with Gasteiger partial charge in [-0.3, -0.25) is 19.5 Å². The standard InChI is InChI=1S/C19H18N2O3S2/c22-16(23)9-2-1-3-11-21-18(24)15(26-19(21)25)12-14-7-4-6-13-8-5-10-20-17(13)14/h4-8,10,12H,1-3,9,11H2,(H,22,23). The van der Waals surface area contributed by atoms with Gasteiger partial charge in [0, 0.05) is 30.1 Å². The first-order valence-electron chi connectivity index (χ1n) is 8.37. The number of fused-ring (bicyclic) bond motifs is 1. The van der Waals surface area contributed by atoms with Crippen molar-refractivity contribution in [3.63, 3.8) is 0 Å². The first-order valence-corrected chi connectivity index (χ1v) is 9.59. The molecule has 1 N–H and O–H groups in total. The second kappa shape index (κ2) is 8.42. The van der Waals surface area contributed by atoms with Crippen LogP contribution in [0, 0.1) is 0 Å². The molecule has 1 saturated heterocycles. The third-order valence-electron chi connectivity index (χ3n) is 4.10. The number of pyridine rings is 1. The van der Waals surface area contributed by atoms with Crippen LogP contribution in [0.25, 0.3) is 17.0 Å². The van der Waals surface area contributed by atoms with E-state index < -0.39 is 5.97 Å². The van der Waals surface area contributed by atoms with Crippen LogP contribution in [-0.2, 0) is 9.59 Å². The highest BCUT2D eigenvalue weighted by Crippen LogP contribution is 2.33. The average Bonchev–Trinajstić information content (AvgIpc) is 2.89. The maximum atomic E-state index is 12.7. The molecular formula is C19H18N2O3S2. The van der Waals surface area contributed by atoms with Crippen molar-refractivity contribution in [2.75, 3.05) is 6.54 Å². The molecule has 134 valence electrons. The summed E-state index contributed by atoms with van der Waals surface area (Å²) in [7, 11) is 0. The van der Waals surface area contributed by atoms with Crippen LogP contribution in [0.3, 0.4) is 0 Å². The lowest BCUT2D eigenvalue weighted by Crippen LogP contribution is -2.29. The SMILES string of the molecule is O=C(O)CCCCCN1C(=O)C(=Cc2cccc3cccnc23)SC1=S. The lowest BCUT2D eigenvalue weighted by Gasteiger charge is -2.13. The molecule has 0 spiro atoms. The van der Waals surface area contributed by atoms with Crippen LogP contribution in [-0.4, -0.2) is 37.7 Å². The van der Waals surface area contributed by atoms with Crippen molar-refractivity contribution in [1.82, 2.24) is 9.88 Å². The molecule has 0 aliphatic carbocycles. The van der Waals surface area contributed by atoms with Gasteiger partial charge in [0.05, 0.1) is 10.4 Å². The highest BCUT2D eigenvalue weighted by Gasteiger charge is 2.31. The van der Waals surface area contributed by atoms with Gasteiger partial charge in [0.25, 0.3) is 5.91 Å². The zero-order valence-electron chi connectivity index (χ0n) is 14.1. The van der Waals surface area contributed by atoms with Gasteiger partial charge in [0.1, 0.15) is 4.32 Å². The average molecular weight is 386 g/mol. The molecule has 1 fully saturated rings. The van der Waals surface area contributed by atoms with Gasteiger partial charge in [-0.1, -0.05) is 54.7 Å². The number of hydrogen-bond donors (Lipinski definition) is 1. The summed E-state index contributed by atoms with van der Waals surface area (Å²) in [4.78, 5) is 29.8. The Hall–Kier alpha value is -2.25. The summed E-state index contributed by atoms with van der Waals surface area (Å²) in [5.41, 5.74) is 1.75. The molecule has 1 aromatic heterocycles. The van der Waals surface area contributed by atoms with Crippen LogP contribution in [0.1, 0.15) is 31.2 Å². The van der Waals surface area contributed by atoms with Gasteiger partial charge in [0.2, 0.25) is 0 Å². The number of aliphatic carboxylic acids is 1. The molecule has 1 aliphatic rings. The van der Waals surface area contributed by atoms with Crippen LogP contribution in [0.2, 0.25) is 0 Å². The molecule has 2 heterocycles. The summed E-state index contributed by atoms with van der Waals surface area (Å²) in [6.45, 7) is 0.523. The number of nitrogens with zero attached hydrogens (tertiary/aromatic N) is 2. The Labute approximate surface area is 161 Å². The Morgan fingerprint density at radius 2 is 2.04 bits per heavy atom. The van der Waals surface area contributed by atoms with Gasteiger partial charge in [-0.2, -0.15) is 0 Å². The smallest absolute Gasteiger partial charge is 0.303 e. The monoisotopic (exact) mass is 386 g/mol. The third-order valence-corrected chi connectivity index (χ3v) is 5.47. The third kappa shape index (κ3) is 4.28. The van der Waals surface area contributed by atoms with Crippen molar-refractivity contribution in [3.05, 3.63) is 47.0 Å². The van der Waals surface area contributed by atoms with Gasteiger partial charge >= 0.3 is 5.97 Å². The molecule has 1 amide bonds. The van der Waals surface area contributed by atoms with E-state index in [0.29, 0.717) is 22.2 Å². The summed E-state index contributed by atoms with van der Waals surface area (Å²) in [5, 5.41) is 9.68. The number of unbranched alkanes of at least 4 members (excludes halogenated alkanes) is 2. The van der Waals surface area contributed by atoms with Crippen molar-refractivity contribution in [2.24, 2.45) is 0 Å². The Kier molecular flexibility index (Phi) is 6.00. The lowest BCUT2D eigenvalue weighted by molar-refractivity contribution is -0.137. The molecule has 2 aromatic rings. The van der Waals surface area contributed by atoms with Gasteiger partial charge in [0.15, 0.2) is 0 Å². The zero-order chi connectivity index (χ0) is 18.5. The Morgan fingerprint density at radius 1 is 1.23 bits per heavy atom. The van der Waals surface area contributed by atoms with Crippen LogP contribution in [0.5, 0.6) is 0 Å². The normalized spacial score (nSPS) is 16.0. The number of para-hydroxylation sites is 1. The van der Waals surface area contributed by atoms with Crippen LogP contribution in [0.4, 0.5) is 0 Å². The van der Waals surface area contributed by atoms with Gasteiger partial charge in [-0.25, -0.2) is 0 Å². The number of amides is 1. The summed E-state index contributed by atoms with van der Waals surface area (Å²) >= 11 is 6.64. The topological polar surface area (TPSA) is 70.5 Å². The minimum Gasteiger partial charge on any atom is -0.481 e. The largest absolute Gasteiger partial charge is 0.481 e. The molecule has 1 aliphatic heterocycles.